The quantitative estimate of drug-likeness (QED) is 0.610. The van der Waals surface area contributed by atoms with Gasteiger partial charge in [-0.1, -0.05) is 30.3 Å². The second kappa shape index (κ2) is 10.3. The van der Waals surface area contributed by atoms with Gasteiger partial charge >= 0.3 is 18.4 Å². The van der Waals surface area contributed by atoms with Crippen LogP contribution >= 0.6 is 0 Å². The number of benzene rings is 2. The Kier molecular flexibility index (Phi) is 7.72. The summed E-state index contributed by atoms with van der Waals surface area (Å²) >= 11 is 0. The van der Waals surface area contributed by atoms with E-state index in [1.807, 2.05) is 0 Å². The van der Waals surface area contributed by atoms with Gasteiger partial charge in [0.25, 0.3) is 0 Å². The van der Waals surface area contributed by atoms with Gasteiger partial charge in [-0.05, 0) is 29.3 Å². The van der Waals surface area contributed by atoms with E-state index in [1.165, 1.54) is 6.07 Å². The summed E-state index contributed by atoms with van der Waals surface area (Å²) in [4.78, 5) is 15.8. The number of halogens is 6. The third-order valence-electron chi connectivity index (χ3n) is 5.11. The third kappa shape index (κ3) is 7.55. The van der Waals surface area contributed by atoms with Crippen LogP contribution in [0, 0.1) is 0 Å². The number of alkyl halides is 6. The van der Waals surface area contributed by atoms with Gasteiger partial charge in [0, 0.05) is 38.4 Å². The molecule has 0 saturated carbocycles. The Hall–Kier alpha value is -2.95. The van der Waals surface area contributed by atoms with Crippen LogP contribution in [-0.2, 0) is 24.1 Å². The van der Waals surface area contributed by atoms with Gasteiger partial charge in [-0.25, -0.2) is 4.79 Å². The Bertz CT molecular complexity index is 923. The van der Waals surface area contributed by atoms with Gasteiger partial charge in [0.05, 0.1) is 12.2 Å². The smallest absolute Gasteiger partial charge is 0.368 e. The van der Waals surface area contributed by atoms with E-state index < -0.39 is 24.5 Å². The van der Waals surface area contributed by atoms with Crippen molar-refractivity contribution in [3.63, 3.8) is 0 Å². The maximum absolute atomic E-state index is 12.9. The molecule has 0 aromatic heterocycles. The van der Waals surface area contributed by atoms with Gasteiger partial charge in [-0.15, -0.1) is 0 Å². The lowest BCUT2D eigenvalue weighted by Crippen LogP contribution is -2.51. The van der Waals surface area contributed by atoms with E-state index in [9.17, 15) is 31.1 Å². The van der Waals surface area contributed by atoms with Crippen molar-refractivity contribution in [3.05, 3.63) is 65.2 Å². The number of ether oxygens (including phenoxy) is 1. The fraction of sp³-hybridized carbons (Fsp3) is 0.409. The van der Waals surface area contributed by atoms with Crippen molar-refractivity contribution in [1.29, 1.82) is 0 Å². The molecule has 11 heteroatoms. The van der Waals surface area contributed by atoms with E-state index in [-0.39, 0.29) is 19.2 Å². The van der Waals surface area contributed by atoms with Crippen LogP contribution in [0.15, 0.2) is 48.5 Å². The highest BCUT2D eigenvalue weighted by atomic mass is 19.4. The predicted molar refractivity (Wildman–Crippen MR) is 110 cm³/mol. The normalized spacial score (nSPS) is 15.0. The van der Waals surface area contributed by atoms with Gasteiger partial charge in [-0.3, -0.25) is 0 Å². The maximum Gasteiger partial charge on any atom is 0.416 e. The highest BCUT2D eigenvalue weighted by Gasteiger charge is 2.31. The van der Waals surface area contributed by atoms with Crippen molar-refractivity contribution in [2.75, 3.05) is 37.7 Å². The van der Waals surface area contributed by atoms with Crippen molar-refractivity contribution < 1.29 is 35.9 Å². The van der Waals surface area contributed by atoms with Gasteiger partial charge in [0.15, 0.2) is 0 Å². The summed E-state index contributed by atoms with van der Waals surface area (Å²) in [6, 6.07) is 11.5. The molecule has 1 fully saturated rings. The molecule has 2 aromatic rings. The van der Waals surface area contributed by atoms with E-state index in [0.29, 0.717) is 37.4 Å². The summed E-state index contributed by atoms with van der Waals surface area (Å²) in [5.74, 6) is 0. The first-order valence-electron chi connectivity index (χ1n) is 10.2. The highest BCUT2D eigenvalue weighted by molar-refractivity contribution is 5.74. The fourth-order valence-electron chi connectivity index (χ4n) is 3.37. The molecule has 0 unspecified atom stereocenters. The maximum atomic E-state index is 12.9. The van der Waals surface area contributed by atoms with Crippen molar-refractivity contribution >= 4 is 11.7 Å². The van der Waals surface area contributed by atoms with E-state index in [2.05, 4.69) is 10.1 Å². The Morgan fingerprint density at radius 2 is 1.55 bits per heavy atom. The molecule has 1 N–H and O–H groups in total. The van der Waals surface area contributed by atoms with Crippen LogP contribution in [-0.4, -0.2) is 49.9 Å². The van der Waals surface area contributed by atoms with E-state index in [1.54, 1.807) is 40.1 Å². The number of anilines is 1. The zero-order valence-corrected chi connectivity index (χ0v) is 17.5. The van der Waals surface area contributed by atoms with Gasteiger partial charge in [0.2, 0.25) is 0 Å². The molecule has 180 valence electrons. The number of hydrogen-bond donors (Lipinski definition) is 1. The van der Waals surface area contributed by atoms with Crippen LogP contribution in [0.4, 0.5) is 36.8 Å². The average Bonchev–Trinajstić information content (AvgIpc) is 2.77. The lowest BCUT2D eigenvalue weighted by Gasteiger charge is -2.36. The van der Waals surface area contributed by atoms with Crippen LogP contribution in [0.3, 0.4) is 0 Å². The Labute approximate surface area is 186 Å². The lowest BCUT2D eigenvalue weighted by atomic mass is 10.1. The summed E-state index contributed by atoms with van der Waals surface area (Å²) in [5.41, 5.74) is 1.10. The number of nitrogens with zero attached hydrogens (tertiary/aromatic N) is 2. The number of amides is 2. The Morgan fingerprint density at radius 3 is 2.15 bits per heavy atom. The summed E-state index contributed by atoms with van der Waals surface area (Å²) in [6.45, 7) is 0.280. The van der Waals surface area contributed by atoms with Crippen LogP contribution < -0.4 is 10.2 Å². The van der Waals surface area contributed by atoms with Crippen molar-refractivity contribution in [2.45, 2.75) is 25.5 Å². The van der Waals surface area contributed by atoms with Crippen molar-refractivity contribution in [3.8, 4) is 0 Å². The second-order valence-electron chi connectivity index (χ2n) is 7.61. The minimum absolute atomic E-state index is 0.164. The monoisotopic (exact) mass is 475 g/mol. The zero-order chi connectivity index (χ0) is 24.1. The molecule has 0 bridgehead atoms. The molecule has 0 atom stereocenters. The first-order valence-corrected chi connectivity index (χ1v) is 10.2. The molecule has 3 rings (SSSR count). The molecule has 1 aliphatic rings. The van der Waals surface area contributed by atoms with E-state index in [0.717, 1.165) is 17.7 Å². The Balaban J connectivity index is 1.43. The molecule has 2 aromatic carbocycles. The first-order chi connectivity index (χ1) is 15.5. The molecule has 1 heterocycles. The van der Waals surface area contributed by atoms with Crippen LogP contribution in [0.25, 0.3) is 0 Å². The standard InChI is InChI=1S/C22H23F6N3O2/c23-21(24,25)15-33-14-17-6-4-16(5-7-17)13-29-20(32)31-10-8-30(9-11-31)19-3-1-2-18(12-19)22(26,27)28/h1-7,12H,8-11,13-15H2,(H,29,32). The number of rotatable bonds is 6. The number of nitrogens with one attached hydrogen (secondary N) is 1. The topological polar surface area (TPSA) is 44.8 Å². The van der Waals surface area contributed by atoms with Gasteiger partial charge < -0.3 is 19.9 Å². The molecule has 2 amide bonds. The lowest BCUT2D eigenvalue weighted by molar-refractivity contribution is -0.176. The van der Waals surface area contributed by atoms with Crippen molar-refractivity contribution in [1.82, 2.24) is 10.2 Å². The molecule has 5 nitrogen and oxygen atoms in total. The van der Waals surface area contributed by atoms with Crippen LogP contribution in [0.1, 0.15) is 16.7 Å². The number of carbonyl (C=O) groups excluding carboxylic acids is 1. The summed E-state index contributed by atoms with van der Waals surface area (Å²) < 4.78 is 79.7. The summed E-state index contributed by atoms with van der Waals surface area (Å²) in [6.07, 6.45) is -8.78. The summed E-state index contributed by atoms with van der Waals surface area (Å²) in [7, 11) is 0. The molecular formula is C22H23F6N3O2. The van der Waals surface area contributed by atoms with Gasteiger partial charge in [0.1, 0.15) is 6.61 Å². The van der Waals surface area contributed by atoms with E-state index >= 15 is 0 Å². The second-order valence-corrected chi connectivity index (χ2v) is 7.61. The highest BCUT2D eigenvalue weighted by Crippen LogP contribution is 2.31. The number of urea groups is 1. The van der Waals surface area contributed by atoms with Crippen LogP contribution in [0.2, 0.25) is 0 Å². The Morgan fingerprint density at radius 1 is 0.909 bits per heavy atom. The number of piperazine rings is 1. The molecule has 0 radical (unpaired) electrons. The minimum atomic E-state index is -4.41. The van der Waals surface area contributed by atoms with E-state index in [4.69, 9.17) is 0 Å². The molecule has 0 spiro atoms. The minimum Gasteiger partial charge on any atom is -0.368 e. The molecular weight excluding hydrogens is 452 g/mol. The van der Waals surface area contributed by atoms with Crippen LogP contribution in [0.5, 0.6) is 0 Å². The largest absolute Gasteiger partial charge is 0.416 e. The van der Waals surface area contributed by atoms with Gasteiger partial charge in [-0.2, -0.15) is 26.3 Å². The first kappa shape index (κ1) is 24.7. The average molecular weight is 475 g/mol. The molecule has 0 aliphatic carbocycles. The number of hydrogen-bond acceptors (Lipinski definition) is 3. The fourth-order valence-corrected chi connectivity index (χ4v) is 3.37. The third-order valence-corrected chi connectivity index (χ3v) is 5.11. The zero-order valence-electron chi connectivity index (χ0n) is 17.5. The van der Waals surface area contributed by atoms with Crippen molar-refractivity contribution in [2.24, 2.45) is 0 Å². The summed E-state index contributed by atoms with van der Waals surface area (Å²) in [5, 5.41) is 2.77. The predicted octanol–water partition coefficient (Wildman–Crippen LogP) is 4.82. The SMILES string of the molecule is O=C(NCc1ccc(COCC(F)(F)F)cc1)N1CCN(c2cccc(C(F)(F)F)c2)CC1. The molecule has 33 heavy (non-hydrogen) atoms. The molecule has 1 saturated heterocycles. The number of carbonyl (C=O) groups is 1. The molecule has 1 aliphatic heterocycles.